The van der Waals surface area contributed by atoms with Crippen molar-refractivity contribution in [3.63, 3.8) is 0 Å². The van der Waals surface area contributed by atoms with Crippen LogP contribution in [-0.4, -0.2) is 31.5 Å². The van der Waals surface area contributed by atoms with E-state index in [4.69, 9.17) is 23.2 Å². The molecule has 2 unspecified atom stereocenters. The monoisotopic (exact) mass is 353 g/mol. The second-order valence-corrected chi connectivity index (χ2v) is 7.40. The molecule has 21 heavy (non-hydrogen) atoms. The molecule has 0 radical (unpaired) electrons. The van der Waals surface area contributed by atoms with Crippen LogP contribution in [0.5, 0.6) is 0 Å². The molecule has 1 aliphatic heterocycles. The van der Waals surface area contributed by atoms with Gasteiger partial charge in [-0.1, -0.05) is 29.3 Å². The maximum absolute atomic E-state index is 12.7. The minimum Gasteiger partial charge on any atom is -0.336 e. The van der Waals surface area contributed by atoms with E-state index in [1.54, 1.807) is 18.2 Å². The lowest BCUT2D eigenvalue weighted by Gasteiger charge is -2.25. The Bertz CT molecular complexity index is 665. The second-order valence-electron chi connectivity index (χ2n) is 5.17. The molecule has 116 valence electrons. The summed E-state index contributed by atoms with van der Waals surface area (Å²) in [6.07, 6.45) is 0.0365. The molecular formula is C13H14Cl2FNO3S. The molecule has 0 N–H and O–H groups in total. The molecule has 8 heteroatoms. The standard InChI is InChI=1S/C13H14Cl2FNO3S/c1-8(10-2-3-11(14)12(15)5-10)17-6-9(4-13(17)18)7-21(16,19)20/h2-3,5,8-9H,4,6-7H2,1H3. The van der Waals surface area contributed by atoms with Gasteiger partial charge in [-0.15, -0.1) is 3.89 Å². The maximum atomic E-state index is 12.7. The van der Waals surface area contributed by atoms with Crippen molar-refractivity contribution in [1.29, 1.82) is 0 Å². The fourth-order valence-electron chi connectivity index (χ4n) is 2.53. The van der Waals surface area contributed by atoms with E-state index in [2.05, 4.69) is 0 Å². The molecule has 1 aromatic rings. The van der Waals surface area contributed by atoms with E-state index in [1.165, 1.54) is 4.90 Å². The fraction of sp³-hybridized carbons (Fsp3) is 0.462. The zero-order chi connectivity index (χ0) is 15.8. The largest absolute Gasteiger partial charge is 0.336 e. The van der Waals surface area contributed by atoms with E-state index in [-0.39, 0.29) is 24.9 Å². The molecule has 0 aliphatic carbocycles. The quantitative estimate of drug-likeness (QED) is 0.781. The van der Waals surface area contributed by atoms with Gasteiger partial charge in [0.25, 0.3) is 0 Å². The zero-order valence-corrected chi connectivity index (χ0v) is 13.6. The van der Waals surface area contributed by atoms with E-state index < -0.39 is 21.9 Å². The van der Waals surface area contributed by atoms with Crippen LogP contribution in [0.4, 0.5) is 3.89 Å². The average molecular weight is 354 g/mol. The average Bonchev–Trinajstić information content (AvgIpc) is 2.70. The van der Waals surface area contributed by atoms with E-state index >= 15 is 0 Å². The minimum atomic E-state index is -4.57. The predicted octanol–water partition coefficient (Wildman–Crippen LogP) is 3.20. The molecule has 0 aromatic heterocycles. The number of hydrogen-bond acceptors (Lipinski definition) is 3. The highest BCUT2D eigenvalue weighted by Gasteiger charge is 2.35. The number of nitrogens with zero attached hydrogens (tertiary/aromatic N) is 1. The first-order valence-corrected chi connectivity index (χ1v) is 8.65. The Labute approximate surface area is 133 Å². The van der Waals surface area contributed by atoms with Gasteiger partial charge in [0.05, 0.1) is 21.8 Å². The fourth-order valence-corrected chi connectivity index (χ4v) is 3.62. The summed E-state index contributed by atoms with van der Waals surface area (Å²) in [5.74, 6) is -1.33. The first kappa shape index (κ1) is 16.5. The van der Waals surface area contributed by atoms with Crippen LogP contribution in [-0.2, 0) is 15.0 Å². The van der Waals surface area contributed by atoms with Crippen LogP contribution in [0.25, 0.3) is 0 Å². The molecule has 0 saturated carbocycles. The van der Waals surface area contributed by atoms with Gasteiger partial charge < -0.3 is 4.90 Å². The Balaban J connectivity index is 2.14. The number of benzene rings is 1. The lowest BCUT2D eigenvalue weighted by molar-refractivity contribution is -0.129. The molecule has 1 fully saturated rings. The molecule has 1 aromatic carbocycles. The highest BCUT2D eigenvalue weighted by Crippen LogP contribution is 2.32. The third-order valence-corrected chi connectivity index (χ3v) is 5.18. The van der Waals surface area contributed by atoms with Crippen LogP contribution >= 0.6 is 23.2 Å². The van der Waals surface area contributed by atoms with Gasteiger partial charge in [0.15, 0.2) is 0 Å². The summed E-state index contributed by atoms with van der Waals surface area (Å²) < 4.78 is 34.1. The lowest BCUT2D eigenvalue weighted by Crippen LogP contribution is -2.29. The van der Waals surface area contributed by atoms with Crippen molar-refractivity contribution in [1.82, 2.24) is 4.90 Å². The number of halogens is 3. The number of amides is 1. The van der Waals surface area contributed by atoms with Crippen LogP contribution in [0.3, 0.4) is 0 Å². The van der Waals surface area contributed by atoms with E-state index in [1.807, 2.05) is 6.92 Å². The van der Waals surface area contributed by atoms with Gasteiger partial charge in [-0.3, -0.25) is 4.79 Å². The zero-order valence-electron chi connectivity index (χ0n) is 11.2. The van der Waals surface area contributed by atoms with Gasteiger partial charge in [-0.2, -0.15) is 8.42 Å². The Morgan fingerprint density at radius 3 is 2.62 bits per heavy atom. The Kier molecular flexibility index (Phi) is 4.80. The number of hydrogen-bond donors (Lipinski definition) is 0. The Hall–Kier alpha value is -0.850. The number of carbonyl (C=O) groups excluding carboxylic acids is 1. The highest BCUT2D eigenvalue weighted by atomic mass is 35.5. The van der Waals surface area contributed by atoms with Gasteiger partial charge in [0.2, 0.25) is 5.91 Å². The summed E-state index contributed by atoms with van der Waals surface area (Å²) in [5, 5.41) is 0.803. The van der Waals surface area contributed by atoms with Crippen LogP contribution in [0.1, 0.15) is 24.9 Å². The number of likely N-dealkylation sites (tertiary alicyclic amines) is 1. The molecule has 4 nitrogen and oxygen atoms in total. The summed E-state index contributed by atoms with van der Waals surface area (Å²) in [4.78, 5) is 13.5. The van der Waals surface area contributed by atoms with Gasteiger partial charge in [0, 0.05) is 18.9 Å². The molecule has 2 atom stereocenters. The normalized spacial score (nSPS) is 20.9. The van der Waals surface area contributed by atoms with Gasteiger partial charge in [0.1, 0.15) is 0 Å². The summed E-state index contributed by atoms with van der Waals surface area (Å²) in [6.45, 7) is 2.02. The van der Waals surface area contributed by atoms with Crippen molar-refractivity contribution >= 4 is 39.3 Å². The van der Waals surface area contributed by atoms with E-state index in [0.717, 1.165) is 5.56 Å². The SMILES string of the molecule is CC(c1ccc(Cl)c(Cl)c1)N1CC(CS(=O)(=O)F)CC1=O. The van der Waals surface area contributed by atoms with Gasteiger partial charge in [-0.05, 0) is 24.6 Å². The van der Waals surface area contributed by atoms with Crippen molar-refractivity contribution in [2.75, 3.05) is 12.3 Å². The van der Waals surface area contributed by atoms with E-state index in [9.17, 15) is 17.1 Å². The molecule has 1 heterocycles. The Morgan fingerprint density at radius 1 is 1.38 bits per heavy atom. The summed E-state index contributed by atoms with van der Waals surface area (Å²) in [6, 6.07) is 4.78. The van der Waals surface area contributed by atoms with Crippen LogP contribution in [0.15, 0.2) is 18.2 Å². The molecule has 1 amide bonds. The third kappa shape index (κ3) is 4.08. The highest BCUT2D eigenvalue weighted by molar-refractivity contribution is 7.86. The van der Waals surface area contributed by atoms with Crippen molar-refractivity contribution in [3.05, 3.63) is 33.8 Å². The van der Waals surface area contributed by atoms with Gasteiger partial charge in [-0.25, -0.2) is 0 Å². The molecule has 1 aliphatic rings. The van der Waals surface area contributed by atoms with Crippen molar-refractivity contribution in [2.45, 2.75) is 19.4 Å². The predicted molar refractivity (Wildman–Crippen MR) is 79.6 cm³/mol. The third-order valence-electron chi connectivity index (χ3n) is 3.57. The molecule has 2 rings (SSSR count). The van der Waals surface area contributed by atoms with Crippen molar-refractivity contribution in [3.8, 4) is 0 Å². The number of carbonyl (C=O) groups is 1. The number of rotatable bonds is 4. The first-order valence-electron chi connectivity index (χ1n) is 6.34. The van der Waals surface area contributed by atoms with Gasteiger partial charge >= 0.3 is 10.2 Å². The molecule has 1 saturated heterocycles. The summed E-state index contributed by atoms with van der Waals surface area (Å²) in [5.41, 5.74) is 0.793. The topological polar surface area (TPSA) is 54.5 Å². The summed E-state index contributed by atoms with van der Waals surface area (Å²) in [7, 11) is -4.57. The Morgan fingerprint density at radius 2 is 2.05 bits per heavy atom. The minimum absolute atomic E-state index is 0.0365. The lowest BCUT2D eigenvalue weighted by atomic mass is 10.1. The molecule has 0 spiro atoms. The second kappa shape index (κ2) is 6.10. The van der Waals surface area contributed by atoms with Crippen molar-refractivity contribution < 1.29 is 17.1 Å². The van der Waals surface area contributed by atoms with Crippen LogP contribution < -0.4 is 0 Å². The molecule has 0 bridgehead atoms. The van der Waals surface area contributed by atoms with Crippen LogP contribution in [0, 0.1) is 5.92 Å². The van der Waals surface area contributed by atoms with Crippen LogP contribution in [0.2, 0.25) is 10.0 Å². The summed E-state index contributed by atoms with van der Waals surface area (Å²) >= 11 is 11.8. The first-order chi connectivity index (χ1) is 9.67. The molecular weight excluding hydrogens is 340 g/mol. The maximum Gasteiger partial charge on any atom is 0.302 e. The smallest absolute Gasteiger partial charge is 0.302 e. The van der Waals surface area contributed by atoms with Crippen molar-refractivity contribution in [2.24, 2.45) is 5.92 Å². The van der Waals surface area contributed by atoms with E-state index in [0.29, 0.717) is 10.0 Å².